The fourth-order valence-electron chi connectivity index (χ4n) is 4.06. The number of carbonyl (C=O) groups is 1. The molecule has 4 nitrogen and oxygen atoms in total. The number of azo groups is 1. The van der Waals surface area contributed by atoms with E-state index in [1.165, 1.54) is 0 Å². The molecule has 1 spiro atoms. The Balaban J connectivity index is 1.83. The van der Waals surface area contributed by atoms with Gasteiger partial charge in [0.05, 0.1) is 13.7 Å². The maximum Gasteiger partial charge on any atom is 0.193 e. The number of hydrogen-bond donors (Lipinski definition) is 0. The molecule has 24 heavy (non-hydrogen) atoms. The van der Waals surface area contributed by atoms with Crippen LogP contribution in [0, 0.1) is 0 Å². The molecule has 2 aliphatic rings. The second kappa shape index (κ2) is 5.86. The molecule has 2 aromatic carbocycles. The first-order chi connectivity index (χ1) is 11.8. The zero-order valence-corrected chi connectivity index (χ0v) is 13.7. The molecule has 0 unspecified atom stereocenters. The van der Waals surface area contributed by atoms with Crippen molar-refractivity contribution in [3.05, 3.63) is 65.2 Å². The number of Topliss-reactive ketones (excluding diaryl/α,β-unsaturated/α-hetero) is 1. The number of ketones is 1. The summed E-state index contributed by atoms with van der Waals surface area (Å²) in [5.74, 6) is 0.847. The Labute approximate surface area is 141 Å². The lowest BCUT2D eigenvalue weighted by Gasteiger charge is -2.30. The van der Waals surface area contributed by atoms with E-state index in [1.807, 2.05) is 42.5 Å². The van der Waals surface area contributed by atoms with Crippen molar-refractivity contribution in [3.8, 4) is 5.75 Å². The maximum atomic E-state index is 13.4. The van der Waals surface area contributed by atoms with E-state index in [0.717, 1.165) is 41.7 Å². The monoisotopic (exact) mass is 320 g/mol. The number of ether oxygens (including phenoxy) is 1. The number of para-hydroxylation sites is 1. The van der Waals surface area contributed by atoms with Gasteiger partial charge in [-0.1, -0.05) is 42.5 Å². The molecular weight excluding hydrogens is 300 g/mol. The summed E-state index contributed by atoms with van der Waals surface area (Å²) in [5, 5.41) is 8.83. The predicted octanol–water partition coefficient (Wildman–Crippen LogP) is 4.20. The van der Waals surface area contributed by atoms with Crippen LogP contribution < -0.4 is 4.74 Å². The molecule has 0 amide bonds. The van der Waals surface area contributed by atoms with E-state index in [4.69, 9.17) is 4.74 Å². The van der Waals surface area contributed by atoms with Crippen LogP contribution in [0.5, 0.6) is 5.75 Å². The highest BCUT2D eigenvalue weighted by molar-refractivity contribution is 6.05. The zero-order chi connectivity index (χ0) is 16.6. The summed E-state index contributed by atoms with van der Waals surface area (Å²) in [6.07, 6.45) is 2.58. The van der Waals surface area contributed by atoms with Crippen LogP contribution in [0.4, 0.5) is 0 Å². The number of fused-ring (bicyclic) bond motifs is 1. The molecule has 0 bridgehead atoms. The Bertz CT molecular complexity index is 815. The summed E-state index contributed by atoms with van der Waals surface area (Å²) in [5.41, 5.74) is 2.16. The first kappa shape index (κ1) is 15.1. The van der Waals surface area contributed by atoms with Crippen molar-refractivity contribution in [2.45, 2.75) is 30.7 Å². The summed E-state index contributed by atoms with van der Waals surface area (Å²) in [7, 11) is 1.67. The lowest BCUT2D eigenvalue weighted by Crippen LogP contribution is -2.41. The number of hydrogen-bond acceptors (Lipinski definition) is 4. The van der Waals surface area contributed by atoms with Crippen molar-refractivity contribution in [1.82, 2.24) is 0 Å². The topological polar surface area (TPSA) is 51.0 Å². The molecule has 4 heteroatoms. The quantitative estimate of drug-likeness (QED) is 0.832. The Kier molecular flexibility index (Phi) is 3.68. The van der Waals surface area contributed by atoms with Crippen LogP contribution in [0.15, 0.2) is 58.8 Å². The number of rotatable bonds is 2. The molecule has 0 saturated carbocycles. The largest absolute Gasteiger partial charge is 0.496 e. The summed E-state index contributed by atoms with van der Waals surface area (Å²) in [6, 6.07) is 15.8. The van der Waals surface area contributed by atoms with Crippen LogP contribution in [0.1, 0.15) is 40.2 Å². The van der Waals surface area contributed by atoms with Crippen LogP contribution in [-0.4, -0.2) is 25.0 Å². The molecule has 1 aliphatic carbocycles. The van der Waals surface area contributed by atoms with Crippen molar-refractivity contribution in [3.63, 3.8) is 0 Å². The van der Waals surface area contributed by atoms with Gasteiger partial charge in [-0.3, -0.25) is 4.79 Å². The van der Waals surface area contributed by atoms with Gasteiger partial charge in [-0.25, -0.2) is 0 Å². The molecule has 0 radical (unpaired) electrons. The molecule has 4 rings (SSSR count). The standard InChI is InChI=1S/C20H20N2O2/c1-24-18-11-5-4-10-16(18)17-13-21-22-20(17)12-6-8-14-7-2-3-9-15(14)19(20)23/h2-5,7,9-11,17H,6,8,12-13H2,1H3/t17-,20-/m1/s1. The first-order valence-corrected chi connectivity index (χ1v) is 8.40. The second-order valence-corrected chi connectivity index (χ2v) is 6.48. The molecule has 0 N–H and O–H groups in total. The Morgan fingerprint density at radius 1 is 1.12 bits per heavy atom. The molecule has 2 aromatic rings. The molecule has 122 valence electrons. The van der Waals surface area contributed by atoms with Crippen LogP contribution in [0.25, 0.3) is 0 Å². The third-order valence-corrected chi connectivity index (χ3v) is 5.26. The molecule has 1 aliphatic heterocycles. The number of methoxy groups -OCH3 is 1. The third-order valence-electron chi connectivity index (χ3n) is 5.26. The van der Waals surface area contributed by atoms with E-state index in [-0.39, 0.29) is 11.7 Å². The minimum Gasteiger partial charge on any atom is -0.496 e. The van der Waals surface area contributed by atoms with Crippen molar-refractivity contribution < 1.29 is 9.53 Å². The fraction of sp³-hybridized carbons (Fsp3) is 0.350. The van der Waals surface area contributed by atoms with Gasteiger partial charge in [0.2, 0.25) is 0 Å². The van der Waals surface area contributed by atoms with Gasteiger partial charge in [0.1, 0.15) is 5.75 Å². The summed E-state index contributed by atoms with van der Waals surface area (Å²) >= 11 is 0. The van der Waals surface area contributed by atoms with Gasteiger partial charge in [0, 0.05) is 17.0 Å². The van der Waals surface area contributed by atoms with Crippen LogP contribution in [0.2, 0.25) is 0 Å². The highest BCUT2D eigenvalue weighted by atomic mass is 16.5. The number of aryl methyl sites for hydroxylation is 1. The van der Waals surface area contributed by atoms with Gasteiger partial charge in [-0.15, -0.1) is 0 Å². The van der Waals surface area contributed by atoms with Gasteiger partial charge >= 0.3 is 0 Å². The van der Waals surface area contributed by atoms with Gasteiger partial charge in [-0.2, -0.15) is 10.2 Å². The fourth-order valence-corrected chi connectivity index (χ4v) is 4.06. The molecule has 0 aromatic heterocycles. The van der Waals surface area contributed by atoms with Crippen LogP contribution >= 0.6 is 0 Å². The van der Waals surface area contributed by atoms with E-state index >= 15 is 0 Å². The van der Waals surface area contributed by atoms with E-state index in [2.05, 4.69) is 16.3 Å². The van der Waals surface area contributed by atoms with Crippen molar-refractivity contribution in [1.29, 1.82) is 0 Å². The number of benzene rings is 2. The van der Waals surface area contributed by atoms with Gasteiger partial charge in [0.25, 0.3) is 0 Å². The van der Waals surface area contributed by atoms with Gasteiger partial charge < -0.3 is 4.74 Å². The zero-order valence-electron chi connectivity index (χ0n) is 13.7. The summed E-state index contributed by atoms with van der Waals surface area (Å²) < 4.78 is 5.53. The summed E-state index contributed by atoms with van der Waals surface area (Å²) in [4.78, 5) is 13.4. The normalized spacial score (nSPS) is 25.5. The lowest BCUT2D eigenvalue weighted by atomic mass is 9.74. The third kappa shape index (κ3) is 2.17. The molecule has 2 atom stereocenters. The van der Waals surface area contributed by atoms with E-state index in [0.29, 0.717) is 6.54 Å². The van der Waals surface area contributed by atoms with E-state index in [9.17, 15) is 4.79 Å². The van der Waals surface area contributed by atoms with Crippen molar-refractivity contribution >= 4 is 5.78 Å². The molecule has 0 saturated heterocycles. The average Bonchev–Trinajstić information content (AvgIpc) is 3.00. The Morgan fingerprint density at radius 2 is 1.92 bits per heavy atom. The number of carbonyl (C=O) groups excluding carboxylic acids is 1. The average molecular weight is 320 g/mol. The van der Waals surface area contributed by atoms with Gasteiger partial charge in [0.15, 0.2) is 11.3 Å². The maximum absolute atomic E-state index is 13.4. The molecule has 0 fully saturated rings. The van der Waals surface area contributed by atoms with E-state index in [1.54, 1.807) is 7.11 Å². The van der Waals surface area contributed by atoms with Crippen LogP contribution in [0.3, 0.4) is 0 Å². The first-order valence-electron chi connectivity index (χ1n) is 8.40. The van der Waals surface area contributed by atoms with Crippen LogP contribution in [-0.2, 0) is 6.42 Å². The minimum absolute atomic E-state index is 0.0627. The van der Waals surface area contributed by atoms with E-state index < -0.39 is 5.54 Å². The Morgan fingerprint density at radius 3 is 2.79 bits per heavy atom. The smallest absolute Gasteiger partial charge is 0.193 e. The highest BCUT2D eigenvalue weighted by Crippen LogP contribution is 2.47. The minimum atomic E-state index is -0.790. The molecule has 1 heterocycles. The van der Waals surface area contributed by atoms with Crippen molar-refractivity contribution in [2.24, 2.45) is 10.2 Å². The summed E-state index contributed by atoms with van der Waals surface area (Å²) in [6.45, 7) is 0.536. The second-order valence-electron chi connectivity index (χ2n) is 6.48. The number of nitrogens with zero attached hydrogens (tertiary/aromatic N) is 2. The van der Waals surface area contributed by atoms with Crippen molar-refractivity contribution in [2.75, 3.05) is 13.7 Å². The van der Waals surface area contributed by atoms with Gasteiger partial charge in [-0.05, 0) is 30.9 Å². The SMILES string of the molecule is COc1ccccc1[C@H]1CN=N[C@]12CCCc1ccccc1C2=O. The lowest BCUT2D eigenvalue weighted by molar-refractivity contribution is 0.0869. The molecular formula is C20H20N2O2. The Hall–Kier alpha value is -2.49. The highest BCUT2D eigenvalue weighted by Gasteiger charge is 2.51. The predicted molar refractivity (Wildman–Crippen MR) is 91.9 cm³/mol.